The number of thioether (sulfide) groups is 1. The maximum absolute atomic E-state index is 12.6. The van der Waals surface area contributed by atoms with Crippen molar-refractivity contribution in [3.8, 4) is 0 Å². The normalized spacial score (nSPS) is 13.3. The zero-order valence-corrected chi connectivity index (χ0v) is 15.7. The molecule has 0 saturated carbocycles. The van der Waals surface area contributed by atoms with Gasteiger partial charge in [-0.2, -0.15) is 0 Å². The smallest absolute Gasteiger partial charge is 0.239 e. The van der Waals surface area contributed by atoms with E-state index in [0.717, 1.165) is 5.56 Å². The summed E-state index contributed by atoms with van der Waals surface area (Å²) in [4.78, 5) is 12.6. The first-order valence-corrected chi connectivity index (χ1v) is 9.31. The Balaban J connectivity index is 1.73. The van der Waals surface area contributed by atoms with Crippen molar-refractivity contribution in [3.63, 3.8) is 0 Å². The molecule has 2 atom stereocenters. The average Bonchev–Trinajstić information content (AvgIpc) is 3.28. The molecule has 8 heteroatoms. The Morgan fingerprint density at radius 3 is 2.77 bits per heavy atom. The summed E-state index contributed by atoms with van der Waals surface area (Å²) in [5.41, 5.74) is 1.16. The van der Waals surface area contributed by atoms with Crippen LogP contribution in [0.1, 0.15) is 37.6 Å². The van der Waals surface area contributed by atoms with Crippen molar-refractivity contribution in [2.75, 3.05) is 5.32 Å². The lowest BCUT2D eigenvalue weighted by Crippen LogP contribution is -2.25. The van der Waals surface area contributed by atoms with Crippen LogP contribution in [0, 0.1) is 6.92 Å². The predicted molar refractivity (Wildman–Crippen MR) is 100 cm³/mol. The number of carbonyl (C=O) groups is 1. The van der Waals surface area contributed by atoms with E-state index in [0.29, 0.717) is 23.2 Å². The van der Waals surface area contributed by atoms with E-state index in [-0.39, 0.29) is 17.2 Å². The highest BCUT2D eigenvalue weighted by Crippen LogP contribution is 2.28. The van der Waals surface area contributed by atoms with Crippen LogP contribution in [0.25, 0.3) is 0 Å². The fourth-order valence-electron chi connectivity index (χ4n) is 2.56. The van der Waals surface area contributed by atoms with E-state index in [1.807, 2.05) is 29.7 Å². The first kappa shape index (κ1) is 18.2. The van der Waals surface area contributed by atoms with Crippen LogP contribution in [-0.4, -0.2) is 31.1 Å². The Morgan fingerprint density at radius 1 is 1.35 bits per heavy atom. The van der Waals surface area contributed by atoms with Gasteiger partial charge in [0.05, 0.1) is 11.3 Å². The number of nitrogens with one attached hydrogen (secondary N) is 1. The van der Waals surface area contributed by atoms with E-state index in [1.165, 1.54) is 11.8 Å². The number of aromatic nitrogens is 4. The average molecular weight is 371 g/mol. The maximum Gasteiger partial charge on any atom is 0.239 e. The molecule has 3 aromatic rings. The fraction of sp³-hybridized carbons (Fsp3) is 0.333. The van der Waals surface area contributed by atoms with E-state index in [4.69, 9.17) is 4.52 Å². The predicted octanol–water partition coefficient (Wildman–Crippen LogP) is 3.69. The van der Waals surface area contributed by atoms with E-state index in [1.54, 1.807) is 19.3 Å². The lowest BCUT2D eigenvalue weighted by molar-refractivity contribution is -0.115. The number of nitrogens with zero attached hydrogens (tertiary/aromatic N) is 4. The number of aryl methyl sites for hydroxylation is 1. The van der Waals surface area contributed by atoms with Gasteiger partial charge in [0.1, 0.15) is 12.1 Å². The second-order valence-corrected chi connectivity index (χ2v) is 7.10. The van der Waals surface area contributed by atoms with Crippen LogP contribution in [0.5, 0.6) is 0 Å². The van der Waals surface area contributed by atoms with Crippen LogP contribution in [0.3, 0.4) is 0 Å². The Bertz CT molecular complexity index is 861. The minimum Gasteiger partial charge on any atom is -0.360 e. The van der Waals surface area contributed by atoms with Gasteiger partial charge in [0.15, 0.2) is 11.0 Å². The van der Waals surface area contributed by atoms with Crippen LogP contribution in [0.2, 0.25) is 0 Å². The van der Waals surface area contributed by atoms with Gasteiger partial charge in [0.25, 0.3) is 0 Å². The van der Waals surface area contributed by atoms with Gasteiger partial charge < -0.3 is 14.4 Å². The summed E-state index contributed by atoms with van der Waals surface area (Å²) < 4.78 is 6.97. The summed E-state index contributed by atoms with van der Waals surface area (Å²) in [6.45, 7) is 5.83. The second-order valence-electron chi connectivity index (χ2n) is 5.93. The molecule has 1 aromatic carbocycles. The number of hydrogen-bond donors (Lipinski definition) is 1. The zero-order chi connectivity index (χ0) is 18.5. The van der Waals surface area contributed by atoms with Crippen molar-refractivity contribution in [2.24, 2.45) is 0 Å². The number of carbonyl (C=O) groups excluding carboxylic acids is 1. The standard InChI is InChI=1S/C18H21N5O2S/c1-4-15(17(24)20-16-10-12(2)25-22-16)26-18-21-19-11-23(18)13(3)14-8-6-5-7-9-14/h5-11,13,15H,4H2,1-3H3,(H,20,22,24). The van der Waals surface area contributed by atoms with Gasteiger partial charge in [-0.3, -0.25) is 4.79 Å². The number of hydrogen-bond acceptors (Lipinski definition) is 6. The summed E-state index contributed by atoms with van der Waals surface area (Å²) in [5.74, 6) is 0.941. The van der Waals surface area contributed by atoms with Crippen LogP contribution in [0.15, 0.2) is 52.4 Å². The lowest BCUT2D eigenvalue weighted by atomic mass is 10.1. The molecule has 2 aromatic heterocycles. The van der Waals surface area contributed by atoms with E-state index >= 15 is 0 Å². The highest BCUT2D eigenvalue weighted by Gasteiger charge is 2.23. The molecule has 2 heterocycles. The molecule has 0 aliphatic carbocycles. The number of amides is 1. The fourth-order valence-corrected chi connectivity index (χ4v) is 3.56. The van der Waals surface area contributed by atoms with Crippen molar-refractivity contribution in [2.45, 2.75) is 43.6 Å². The van der Waals surface area contributed by atoms with Crippen LogP contribution < -0.4 is 5.32 Å². The molecular formula is C18H21N5O2S. The van der Waals surface area contributed by atoms with Gasteiger partial charge in [-0.05, 0) is 25.8 Å². The third kappa shape index (κ3) is 4.13. The zero-order valence-electron chi connectivity index (χ0n) is 14.9. The van der Waals surface area contributed by atoms with Crippen molar-refractivity contribution < 1.29 is 9.32 Å². The highest BCUT2D eigenvalue weighted by molar-refractivity contribution is 8.00. The molecule has 0 fully saturated rings. The number of rotatable bonds is 7. The minimum absolute atomic E-state index is 0.0763. The molecule has 0 bridgehead atoms. The Morgan fingerprint density at radius 2 is 2.12 bits per heavy atom. The molecule has 1 amide bonds. The van der Waals surface area contributed by atoms with Crippen molar-refractivity contribution in [3.05, 3.63) is 54.0 Å². The minimum atomic E-state index is -0.307. The molecule has 136 valence electrons. The molecule has 2 unspecified atom stereocenters. The van der Waals surface area contributed by atoms with Crippen LogP contribution in [-0.2, 0) is 4.79 Å². The third-order valence-corrected chi connectivity index (χ3v) is 5.36. The van der Waals surface area contributed by atoms with Gasteiger partial charge in [-0.15, -0.1) is 10.2 Å². The highest BCUT2D eigenvalue weighted by atomic mass is 32.2. The van der Waals surface area contributed by atoms with Crippen molar-refractivity contribution in [1.82, 2.24) is 19.9 Å². The molecule has 0 radical (unpaired) electrons. The molecular weight excluding hydrogens is 350 g/mol. The number of benzene rings is 1. The van der Waals surface area contributed by atoms with E-state index < -0.39 is 0 Å². The Kier molecular flexibility index (Phi) is 5.72. The molecule has 0 aliphatic rings. The summed E-state index contributed by atoms with van der Waals surface area (Å²) in [6, 6.07) is 11.9. The monoisotopic (exact) mass is 371 g/mol. The summed E-state index contributed by atoms with van der Waals surface area (Å²) in [6.07, 6.45) is 2.35. The number of anilines is 1. The van der Waals surface area contributed by atoms with Crippen molar-refractivity contribution >= 4 is 23.5 Å². The quantitative estimate of drug-likeness (QED) is 0.638. The largest absolute Gasteiger partial charge is 0.360 e. The second kappa shape index (κ2) is 8.18. The summed E-state index contributed by atoms with van der Waals surface area (Å²) >= 11 is 1.40. The van der Waals surface area contributed by atoms with Gasteiger partial charge in [-0.1, -0.05) is 54.2 Å². The first-order chi connectivity index (χ1) is 12.6. The SMILES string of the molecule is CCC(Sc1nncn1C(C)c1ccccc1)C(=O)Nc1cc(C)on1. The van der Waals surface area contributed by atoms with Crippen LogP contribution in [0.4, 0.5) is 5.82 Å². The Labute approximate surface area is 156 Å². The van der Waals surface area contributed by atoms with E-state index in [2.05, 4.69) is 39.7 Å². The first-order valence-electron chi connectivity index (χ1n) is 8.43. The molecule has 0 aliphatic heterocycles. The van der Waals surface area contributed by atoms with Gasteiger partial charge in [0, 0.05) is 6.07 Å². The molecule has 3 rings (SSSR count). The van der Waals surface area contributed by atoms with Gasteiger partial charge in [-0.25, -0.2) is 0 Å². The molecule has 0 saturated heterocycles. The lowest BCUT2D eigenvalue weighted by Gasteiger charge is -2.18. The van der Waals surface area contributed by atoms with Crippen molar-refractivity contribution in [1.29, 1.82) is 0 Å². The molecule has 0 spiro atoms. The van der Waals surface area contributed by atoms with Crippen LogP contribution >= 0.6 is 11.8 Å². The van der Waals surface area contributed by atoms with Gasteiger partial charge >= 0.3 is 0 Å². The molecule has 7 nitrogen and oxygen atoms in total. The third-order valence-electron chi connectivity index (χ3n) is 4.03. The molecule has 1 N–H and O–H groups in total. The summed E-state index contributed by atoms with van der Waals surface area (Å²) in [7, 11) is 0. The molecule has 26 heavy (non-hydrogen) atoms. The van der Waals surface area contributed by atoms with E-state index in [9.17, 15) is 4.79 Å². The van der Waals surface area contributed by atoms with Gasteiger partial charge in [0.2, 0.25) is 5.91 Å². The summed E-state index contributed by atoms with van der Waals surface area (Å²) in [5, 5.41) is 15.2. The topological polar surface area (TPSA) is 85.8 Å². The Hall–Kier alpha value is -2.61. The maximum atomic E-state index is 12.6.